The molecular weight excluding hydrogens is 493 g/mol. The minimum absolute atomic E-state index is 0.129. The van der Waals surface area contributed by atoms with E-state index in [4.69, 9.17) is 17.3 Å². The van der Waals surface area contributed by atoms with Gasteiger partial charge in [-0.15, -0.1) is 0 Å². The summed E-state index contributed by atoms with van der Waals surface area (Å²) in [6.07, 6.45) is 0.236. The number of aromatic nitrogens is 3. The van der Waals surface area contributed by atoms with Gasteiger partial charge in [0.1, 0.15) is 5.82 Å². The summed E-state index contributed by atoms with van der Waals surface area (Å²) in [4.78, 5) is 18.7. The van der Waals surface area contributed by atoms with Crippen molar-refractivity contribution in [3.8, 4) is 11.3 Å². The summed E-state index contributed by atoms with van der Waals surface area (Å²) < 4.78 is 41.7. The van der Waals surface area contributed by atoms with E-state index >= 15 is 0 Å². The van der Waals surface area contributed by atoms with Crippen molar-refractivity contribution in [2.75, 3.05) is 18.8 Å². The Hall–Kier alpha value is -3.27. The summed E-state index contributed by atoms with van der Waals surface area (Å²) in [6, 6.07) is 10.3. The quantitative estimate of drug-likeness (QED) is 0.516. The number of nitrogen functional groups attached to an aromatic ring is 1. The van der Waals surface area contributed by atoms with Crippen molar-refractivity contribution in [3.63, 3.8) is 0 Å². The number of likely N-dealkylation sites (tertiary alicyclic amines) is 1. The lowest BCUT2D eigenvalue weighted by atomic mass is 9.71. The highest BCUT2D eigenvalue weighted by Gasteiger charge is 2.53. The number of urea groups is 1. The number of halogens is 4. The van der Waals surface area contributed by atoms with Crippen molar-refractivity contribution < 1.29 is 18.0 Å². The molecule has 2 fully saturated rings. The maximum Gasteiger partial charge on any atom is 0.419 e. The second kappa shape index (κ2) is 7.86. The largest absolute Gasteiger partial charge is 0.419 e. The summed E-state index contributed by atoms with van der Waals surface area (Å²) in [5.41, 5.74) is 6.31. The molecule has 1 aromatic carbocycles. The lowest BCUT2D eigenvalue weighted by molar-refractivity contribution is -0.137. The molecule has 4 heterocycles. The van der Waals surface area contributed by atoms with E-state index in [2.05, 4.69) is 15.4 Å². The summed E-state index contributed by atoms with van der Waals surface area (Å²) in [6.45, 7) is 1.69. The number of nitrogens with zero attached hydrogens (tertiary/aromatic N) is 4. The molecule has 6 rings (SSSR count). The predicted molar refractivity (Wildman–Crippen MR) is 128 cm³/mol. The molecule has 0 radical (unpaired) electrons. The number of anilines is 1. The molecule has 11 heteroatoms. The van der Waals surface area contributed by atoms with Gasteiger partial charge in [0.2, 0.25) is 0 Å². The van der Waals surface area contributed by atoms with E-state index in [1.807, 2.05) is 35.0 Å². The Kier molecular flexibility index (Phi) is 5.06. The van der Waals surface area contributed by atoms with Crippen LogP contribution in [0.4, 0.5) is 23.8 Å². The van der Waals surface area contributed by atoms with Crippen LogP contribution in [-0.2, 0) is 23.7 Å². The third-order valence-corrected chi connectivity index (χ3v) is 8.19. The Bertz CT molecular complexity index is 1360. The SMILES string of the molecule is Nc1ncc(-c2cc3n(n2)CCC32CN(C(=O)NC3(c4ccccc4Cl)CCC3)C2)cc1C(F)(F)F. The van der Waals surface area contributed by atoms with E-state index in [9.17, 15) is 18.0 Å². The van der Waals surface area contributed by atoms with Crippen molar-refractivity contribution in [2.45, 2.75) is 49.4 Å². The lowest BCUT2D eigenvalue weighted by Crippen LogP contribution is -2.65. The van der Waals surface area contributed by atoms with Gasteiger partial charge in [-0.05, 0) is 49.4 Å². The molecule has 36 heavy (non-hydrogen) atoms. The number of carbonyl (C=O) groups is 1. The Balaban J connectivity index is 1.19. The van der Waals surface area contributed by atoms with E-state index in [1.54, 1.807) is 4.90 Å². The van der Waals surface area contributed by atoms with Gasteiger partial charge in [0.15, 0.2) is 0 Å². The number of pyridine rings is 1. The minimum atomic E-state index is -4.60. The van der Waals surface area contributed by atoms with Crippen LogP contribution in [0.3, 0.4) is 0 Å². The third-order valence-electron chi connectivity index (χ3n) is 7.86. The highest BCUT2D eigenvalue weighted by Crippen LogP contribution is 2.47. The maximum absolute atomic E-state index is 13.3. The molecule has 1 saturated carbocycles. The molecule has 1 spiro atoms. The van der Waals surface area contributed by atoms with Crippen LogP contribution in [0.25, 0.3) is 11.3 Å². The number of fused-ring (bicyclic) bond motifs is 2. The summed E-state index contributed by atoms with van der Waals surface area (Å²) in [5, 5.41) is 8.41. The number of nitrogens with one attached hydrogen (secondary N) is 1. The highest BCUT2D eigenvalue weighted by molar-refractivity contribution is 6.31. The van der Waals surface area contributed by atoms with Crippen LogP contribution < -0.4 is 11.1 Å². The van der Waals surface area contributed by atoms with Gasteiger partial charge in [0.05, 0.1) is 16.8 Å². The zero-order valence-electron chi connectivity index (χ0n) is 19.3. The molecule has 2 aliphatic heterocycles. The number of hydrogen-bond acceptors (Lipinski definition) is 4. The number of rotatable bonds is 3. The summed E-state index contributed by atoms with van der Waals surface area (Å²) in [5.74, 6) is -0.559. The summed E-state index contributed by atoms with van der Waals surface area (Å²) >= 11 is 6.43. The van der Waals surface area contributed by atoms with Crippen LogP contribution in [0.2, 0.25) is 5.02 Å². The van der Waals surface area contributed by atoms with Gasteiger partial charge in [-0.25, -0.2) is 9.78 Å². The van der Waals surface area contributed by atoms with E-state index in [-0.39, 0.29) is 17.0 Å². The molecule has 7 nitrogen and oxygen atoms in total. The molecule has 0 bridgehead atoms. The van der Waals surface area contributed by atoms with Crippen LogP contribution in [0.15, 0.2) is 42.6 Å². The van der Waals surface area contributed by atoms with Crippen molar-refractivity contribution in [1.82, 2.24) is 25.0 Å². The summed E-state index contributed by atoms with van der Waals surface area (Å²) in [7, 11) is 0. The van der Waals surface area contributed by atoms with Gasteiger partial charge in [0.25, 0.3) is 0 Å². The zero-order chi connectivity index (χ0) is 25.3. The van der Waals surface area contributed by atoms with E-state index < -0.39 is 23.1 Å². The topological polar surface area (TPSA) is 89.1 Å². The van der Waals surface area contributed by atoms with Crippen LogP contribution in [0.5, 0.6) is 0 Å². The average molecular weight is 517 g/mol. The van der Waals surface area contributed by atoms with Gasteiger partial charge < -0.3 is 16.0 Å². The van der Waals surface area contributed by atoms with Crippen molar-refractivity contribution in [1.29, 1.82) is 0 Å². The Morgan fingerprint density at radius 2 is 1.89 bits per heavy atom. The second-order valence-electron chi connectivity index (χ2n) is 10.0. The lowest BCUT2D eigenvalue weighted by Gasteiger charge is -2.50. The molecule has 3 aliphatic rings. The number of aryl methyl sites for hydroxylation is 1. The average Bonchev–Trinajstić information content (AvgIpc) is 3.35. The van der Waals surface area contributed by atoms with Crippen molar-refractivity contribution in [3.05, 3.63) is 64.4 Å². The number of amides is 2. The maximum atomic E-state index is 13.3. The van der Waals surface area contributed by atoms with Crippen molar-refractivity contribution in [2.24, 2.45) is 0 Å². The standard InChI is InChI=1S/C25H24ClF3N6O/c26-18-5-2-1-4-16(18)24(6-3-7-24)32-22(36)34-13-23(14-34)8-9-35-20(23)11-19(33-35)15-10-17(25(27,28)29)21(30)31-12-15/h1-2,4-5,10-12H,3,6-9,13-14H2,(H2,30,31)(H,32,36). The van der Waals surface area contributed by atoms with Crippen LogP contribution >= 0.6 is 11.6 Å². The first-order valence-corrected chi connectivity index (χ1v) is 12.2. The molecule has 1 aliphatic carbocycles. The molecule has 2 amide bonds. The predicted octanol–water partition coefficient (Wildman–Crippen LogP) is 4.95. The van der Waals surface area contributed by atoms with Gasteiger partial charge in [-0.3, -0.25) is 4.68 Å². The minimum Gasteiger partial charge on any atom is -0.383 e. The molecule has 3 N–H and O–H groups in total. The van der Waals surface area contributed by atoms with E-state index in [0.29, 0.717) is 30.4 Å². The number of benzene rings is 1. The molecule has 2 aromatic heterocycles. The molecule has 0 atom stereocenters. The first-order chi connectivity index (χ1) is 17.1. The van der Waals surface area contributed by atoms with Crippen LogP contribution in [0, 0.1) is 0 Å². The fourth-order valence-corrected chi connectivity index (χ4v) is 6.04. The first-order valence-electron chi connectivity index (χ1n) is 11.8. The molecule has 1 saturated heterocycles. The van der Waals surface area contributed by atoms with Crippen LogP contribution in [0.1, 0.15) is 42.5 Å². The van der Waals surface area contributed by atoms with Gasteiger partial charge in [-0.1, -0.05) is 29.8 Å². The molecular formula is C25H24ClF3N6O. The fraction of sp³-hybridized carbons (Fsp3) is 0.400. The number of alkyl halides is 3. The normalized spacial score (nSPS) is 19.5. The van der Waals surface area contributed by atoms with Gasteiger partial charge >= 0.3 is 12.2 Å². The molecule has 3 aromatic rings. The second-order valence-corrected chi connectivity index (χ2v) is 10.4. The zero-order valence-corrected chi connectivity index (χ0v) is 20.0. The first kappa shape index (κ1) is 23.1. The molecule has 188 valence electrons. The van der Waals surface area contributed by atoms with Crippen molar-refractivity contribution >= 4 is 23.4 Å². The van der Waals surface area contributed by atoms with Gasteiger partial charge in [0, 0.05) is 47.5 Å². The Morgan fingerprint density at radius 3 is 2.56 bits per heavy atom. The molecule has 0 unspecified atom stereocenters. The highest BCUT2D eigenvalue weighted by atomic mass is 35.5. The van der Waals surface area contributed by atoms with Crippen LogP contribution in [-0.4, -0.2) is 38.8 Å². The monoisotopic (exact) mass is 516 g/mol. The number of nitrogens with two attached hydrogens (primary N) is 1. The van der Waals surface area contributed by atoms with Gasteiger partial charge in [-0.2, -0.15) is 18.3 Å². The Morgan fingerprint density at radius 1 is 1.14 bits per heavy atom. The number of hydrogen-bond donors (Lipinski definition) is 2. The smallest absolute Gasteiger partial charge is 0.383 e. The van der Waals surface area contributed by atoms with E-state index in [1.165, 1.54) is 6.20 Å². The fourth-order valence-electron chi connectivity index (χ4n) is 5.72. The Labute approximate surface area is 210 Å². The number of carbonyl (C=O) groups excluding carboxylic acids is 1. The van der Waals surface area contributed by atoms with E-state index in [0.717, 1.165) is 43.0 Å². The third kappa shape index (κ3) is 3.53.